The number of rotatable bonds is 4. The smallest absolute Gasteiger partial charge is 0.245 e. The zero-order chi connectivity index (χ0) is 8.91. The molecule has 0 aliphatic carbocycles. The molecule has 1 N–H and O–H groups in total. The molecule has 0 aromatic heterocycles. The Morgan fingerprint density at radius 3 is 2.45 bits per heavy atom. The van der Waals surface area contributed by atoms with Crippen LogP contribution in [0.1, 0.15) is 26.7 Å². The first-order chi connectivity index (χ1) is 4.92. The van der Waals surface area contributed by atoms with Crippen molar-refractivity contribution in [3.05, 3.63) is 0 Å². The van der Waals surface area contributed by atoms with Crippen molar-refractivity contribution < 1.29 is 13.6 Å². The summed E-state index contributed by atoms with van der Waals surface area (Å²) in [5.74, 6) is -2.79. The number of alkyl halides is 2. The van der Waals surface area contributed by atoms with Crippen LogP contribution in [0.5, 0.6) is 0 Å². The lowest BCUT2D eigenvalue weighted by molar-refractivity contribution is -0.119. The van der Waals surface area contributed by atoms with Gasteiger partial charge in [0.15, 0.2) is 0 Å². The van der Waals surface area contributed by atoms with Crippen LogP contribution < -0.4 is 5.32 Å². The van der Waals surface area contributed by atoms with Crippen LogP contribution in [0.3, 0.4) is 0 Å². The first-order valence-electron chi connectivity index (χ1n) is 3.54. The number of hydrogen-bond donors (Lipinski definition) is 1. The SMILES string of the molecule is CC(=O)NCCCC(C)(F)F. The van der Waals surface area contributed by atoms with E-state index in [-0.39, 0.29) is 12.3 Å². The largest absolute Gasteiger partial charge is 0.356 e. The lowest BCUT2D eigenvalue weighted by atomic mass is 10.2. The van der Waals surface area contributed by atoms with Crippen LogP contribution in [-0.4, -0.2) is 18.4 Å². The summed E-state index contributed by atoms with van der Waals surface area (Å²) in [5.41, 5.74) is 0. The van der Waals surface area contributed by atoms with Gasteiger partial charge < -0.3 is 5.32 Å². The quantitative estimate of drug-likeness (QED) is 0.629. The average molecular weight is 165 g/mol. The van der Waals surface area contributed by atoms with E-state index < -0.39 is 5.92 Å². The molecule has 0 unspecified atom stereocenters. The fourth-order valence-corrected chi connectivity index (χ4v) is 0.663. The van der Waals surface area contributed by atoms with Crippen molar-refractivity contribution in [2.24, 2.45) is 0 Å². The Kier molecular flexibility index (Phi) is 4.00. The van der Waals surface area contributed by atoms with Crippen molar-refractivity contribution in [3.8, 4) is 0 Å². The number of hydrogen-bond acceptors (Lipinski definition) is 1. The molecule has 1 amide bonds. The molecule has 0 aliphatic rings. The van der Waals surface area contributed by atoms with Gasteiger partial charge in [-0.1, -0.05) is 0 Å². The van der Waals surface area contributed by atoms with Gasteiger partial charge in [-0.2, -0.15) is 0 Å². The van der Waals surface area contributed by atoms with E-state index in [1.165, 1.54) is 6.92 Å². The first kappa shape index (κ1) is 10.3. The highest BCUT2D eigenvalue weighted by atomic mass is 19.3. The minimum Gasteiger partial charge on any atom is -0.356 e. The van der Waals surface area contributed by atoms with Crippen molar-refractivity contribution in [1.29, 1.82) is 0 Å². The molecule has 0 aromatic carbocycles. The fourth-order valence-electron chi connectivity index (χ4n) is 0.663. The van der Waals surface area contributed by atoms with E-state index >= 15 is 0 Å². The van der Waals surface area contributed by atoms with E-state index in [2.05, 4.69) is 5.32 Å². The topological polar surface area (TPSA) is 29.1 Å². The van der Waals surface area contributed by atoms with E-state index in [1.54, 1.807) is 0 Å². The molecule has 0 rings (SSSR count). The minimum absolute atomic E-state index is 0.173. The molecule has 2 nitrogen and oxygen atoms in total. The lowest BCUT2D eigenvalue weighted by Crippen LogP contribution is -2.22. The van der Waals surface area contributed by atoms with E-state index in [1.807, 2.05) is 0 Å². The molecular weight excluding hydrogens is 152 g/mol. The number of carbonyl (C=O) groups excluding carboxylic acids is 1. The van der Waals surface area contributed by atoms with Gasteiger partial charge in [0.05, 0.1) is 0 Å². The molecule has 66 valence electrons. The van der Waals surface area contributed by atoms with Gasteiger partial charge in [-0.15, -0.1) is 0 Å². The van der Waals surface area contributed by atoms with Crippen LogP contribution in [-0.2, 0) is 4.79 Å². The Balaban J connectivity index is 3.22. The molecular formula is C7H13F2NO. The van der Waals surface area contributed by atoms with E-state index in [4.69, 9.17) is 0 Å². The summed E-state index contributed by atoms with van der Waals surface area (Å²) in [6.45, 7) is 2.57. The van der Waals surface area contributed by atoms with Gasteiger partial charge in [0.2, 0.25) is 11.8 Å². The maximum absolute atomic E-state index is 12.1. The first-order valence-corrected chi connectivity index (χ1v) is 3.54. The van der Waals surface area contributed by atoms with Gasteiger partial charge in [-0.25, -0.2) is 8.78 Å². The summed E-state index contributed by atoms with van der Waals surface area (Å²) < 4.78 is 24.3. The normalized spacial score (nSPS) is 11.3. The third-order valence-electron chi connectivity index (χ3n) is 1.17. The van der Waals surface area contributed by atoms with Crippen molar-refractivity contribution in [1.82, 2.24) is 5.32 Å². The van der Waals surface area contributed by atoms with Crippen molar-refractivity contribution in [2.45, 2.75) is 32.6 Å². The molecule has 0 fully saturated rings. The predicted molar refractivity (Wildman–Crippen MR) is 38.5 cm³/mol. The summed E-state index contributed by atoms with van der Waals surface area (Å²) in [7, 11) is 0. The van der Waals surface area contributed by atoms with Crippen molar-refractivity contribution >= 4 is 5.91 Å². The molecule has 0 heterocycles. The van der Waals surface area contributed by atoms with Gasteiger partial charge in [0, 0.05) is 19.9 Å². The van der Waals surface area contributed by atoms with Gasteiger partial charge in [-0.3, -0.25) is 4.79 Å². The highest BCUT2D eigenvalue weighted by Crippen LogP contribution is 2.17. The Morgan fingerprint density at radius 2 is 2.09 bits per heavy atom. The zero-order valence-corrected chi connectivity index (χ0v) is 6.79. The van der Waals surface area contributed by atoms with E-state index in [0.717, 1.165) is 6.92 Å². The third-order valence-corrected chi connectivity index (χ3v) is 1.17. The van der Waals surface area contributed by atoms with Crippen LogP contribution in [0.15, 0.2) is 0 Å². The highest BCUT2D eigenvalue weighted by molar-refractivity contribution is 5.72. The average Bonchev–Trinajstić information content (AvgIpc) is 1.78. The van der Waals surface area contributed by atoms with Crippen LogP contribution in [0, 0.1) is 0 Å². The summed E-state index contributed by atoms with van der Waals surface area (Å²) >= 11 is 0. The monoisotopic (exact) mass is 165 g/mol. The van der Waals surface area contributed by atoms with Crippen LogP contribution in [0.4, 0.5) is 8.78 Å². The molecule has 11 heavy (non-hydrogen) atoms. The Morgan fingerprint density at radius 1 is 1.55 bits per heavy atom. The second-order valence-electron chi connectivity index (χ2n) is 2.66. The maximum atomic E-state index is 12.1. The summed E-state index contributed by atoms with van der Waals surface area (Å²) in [6.07, 6.45) is 0.149. The second kappa shape index (κ2) is 4.26. The summed E-state index contributed by atoms with van der Waals surface area (Å²) in [5, 5.41) is 2.45. The van der Waals surface area contributed by atoms with Crippen molar-refractivity contribution in [2.75, 3.05) is 6.54 Å². The van der Waals surface area contributed by atoms with Gasteiger partial charge in [-0.05, 0) is 13.3 Å². The number of amides is 1. The molecule has 0 bridgehead atoms. The Bertz CT molecular complexity index is 131. The highest BCUT2D eigenvalue weighted by Gasteiger charge is 2.19. The standard InChI is InChI=1S/C7H13F2NO/c1-6(11)10-5-3-4-7(2,8)9/h3-5H2,1-2H3,(H,10,11). The van der Waals surface area contributed by atoms with Crippen molar-refractivity contribution in [3.63, 3.8) is 0 Å². The molecule has 0 spiro atoms. The fraction of sp³-hybridized carbons (Fsp3) is 0.857. The lowest BCUT2D eigenvalue weighted by Gasteiger charge is -2.08. The molecule has 0 saturated heterocycles. The zero-order valence-electron chi connectivity index (χ0n) is 6.79. The Hall–Kier alpha value is -0.670. The number of carbonyl (C=O) groups is 1. The third kappa shape index (κ3) is 9.33. The molecule has 0 radical (unpaired) electrons. The molecule has 0 aliphatic heterocycles. The Labute approximate surface area is 65.0 Å². The number of nitrogens with one attached hydrogen (secondary N) is 1. The summed E-state index contributed by atoms with van der Waals surface area (Å²) in [4.78, 5) is 10.3. The summed E-state index contributed by atoms with van der Waals surface area (Å²) in [6, 6.07) is 0. The molecule has 0 saturated carbocycles. The maximum Gasteiger partial charge on any atom is 0.245 e. The van der Waals surface area contributed by atoms with Gasteiger partial charge in [0.1, 0.15) is 0 Å². The van der Waals surface area contributed by atoms with Gasteiger partial charge in [0.25, 0.3) is 0 Å². The minimum atomic E-state index is -2.61. The van der Waals surface area contributed by atoms with Crippen LogP contribution in [0.2, 0.25) is 0 Å². The van der Waals surface area contributed by atoms with E-state index in [9.17, 15) is 13.6 Å². The second-order valence-corrected chi connectivity index (χ2v) is 2.66. The molecule has 0 atom stereocenters. The number of halogens is 2. The van der Waals surface area contributed by atoms with Gasteiger partial charge >= 0.3 is 0 Å². The molecule has 4 heteroatoms. The predicted octanol–water partition coefficient (Wildman–Crippen LogP) is 1.56. The van der Waals surface area contributed by atoms with Crippen LogP contribution >= 0.6 is 0 Å². The van der Waals surface area contributed by atoms with Crippen LogP contribution in [0.25, 0.3) is 0 Å². The molecule has 0 aromatic rings. The van der Waals surface area contributed by atoms with E-state index in [0.29, 0.717) is 13.0 Å².